The molecule has 0 aliphatic rings. The molecule has 0 N–H and O–H groups in total. The second-order valence-corrected chi connectivity index (χ2v) is 14.7. The summed E-state index contributed by atoms with van der Waals surface area (Å²) in [5.41, 5.74) is 12.6. The van der Waals surface area contributed by atoms with E-state index >= 15 is 0 Å². The van der Waals surface area contributed by atoms with E-state index < -0.39 is 0 Å². The molecule has 60 heavy (non-hydrogen) atoms. The van der Waals surface area contributed by atoms with E-state index in [0.29, 0.717) is 23.6 Å². The van der Waals surface area contributed by atoms with Crippen molar-refractivity contribution in [2.45, 2.75) is 0 Å². The van der Waals surface area contributed by atoms with Crippen molar-refractivity contribution in [1.29, 1.82) is 0 Å². The quantitative estimate of drug-likeness (QED) is 0.143. The van der Waals surface area contributed by atoms with Crippen molar-refractivity contribution in [2.24, 2.45) is 0 Å². The van der Waals surface area contributed by atoms with Gasteiger partial charge >= 0.3 is 0 Å². The van der Waals surface area contributed by atoms with E-state index in [4.69, 9.17) is 8.83 Å². The second-order valence-electron chi connectivity index (χ2n) is 14.7. The summed E-state index contributed by atoms with van der Waals surface area (Å²) in [6.45, 7) is 0. The molecule has 11 aromatic rings. The van der Waals surface area contributed by atoms with Gasteiger partial charge < -0.3 is 8.83 Å². The van der Waals surface area contributed by atoms with Crippen molar-refractivity contribution in [3.8, 4) is 90.3 Å². The highest BCUT2D eigenvalue weighted by atomic mass is 16.4. The summed E-state index contributed by atoms with van der Waals surface area (Å²) in [6, 6.07) is 71.1. The zero-order valence-electron chi connectivity index (χ0n) is 32.2. The molecule has 0 fully saturated rings. The molecule has 0 amide bonds. The topological polar surface area (TPSA) is 77.8 Å². The fraction of sp³-hybridized carbons (Fsp3) is 0. The van der Waals surface area contributed by atoms with Crippen LogP contribution in [-0.4, -0.2) is 20.4 Å². The van der Waals surface area contributed by atoms with E-state index in [0.717, 1.165) is 55.6 Å². The molecule has 0 aliphatic heterocycles. The van der Waals surface area contributed by atoms with Crippen LogP contribution in [0.4, 0.5) is 0 Å². The van der Waals surface area contributed by atoms with Crippen molar-refractivity contribution in [3.63, 3.8) is 0 Å². The lowest BCUT2D eigenvalue weighted by Crippen LogP contribution is -1.91. The van der Waals surface area contributed by atoms with Gasteiger partial charge in [0.2, 0.25) is 23.6 Å². The van der Waals surface area contributed by atoms with E-state index in [1.54, 1.807) is 0 Å². The van der Waals surface area contributed by atoms with Gasteiger partial charge in [0.15, 0.2) is 0 Å². The number of rotatable bonds is 8. The first kappa shape index (κ1) is 35.0. The third-order valence-electron chi connectivity index (χ3n) is 11.1. The Morgan fingerprint density at radius 1 is 0.200 bits per heavy atom. The highest BCUT2D eigenvalue weighted by molar-refractivity contribution is 6.21. The second kappa shape index (κ2) is 14.9. The fourth-order valence-electron chi connectivity index (χ4n) is 8.09. The van der Waals surface area contributed by atoms with Gasteiger partial charge in [-0.15, -0.1) is 20.4 Å². The summed E-state index contributed by atoms with van der Waals surface area (Å²) in [5.74, 6) is 1.93. The third-order valence-corrected chi connectivity index (χ3v) is 11.1. The predicted octanol–water partition coefficient (Wildman–Crippen LogP) is 14.1. The molecule has 0 radical (unpaired) electrons. The van der Waals surface area contributed by atoms with E-state index in [9.17, 15) is 0 Å². The Labute approximate surface area is 346 Å². The minimum Gasteiger partial charge on any atom is -0.416 e. The summed E-state index contributed by atoms with van der Waals surface area (Å²) >= 11 is 0. The molecule has 6 nitrogen and oxygen atoms in total. The Bertz CT molecular complexity index is 2980. The van der Waals surface area contributed by atoms with Crippen LogP contribution in [0.2, 0.25) is 0 Å². The molecule has 0 saturated carbocycles. The average Bonchev–Trinajstić information content (AvgIpc) is 4.04. The fourth-order valence-corrected chi connectivity index (χ4v) is 8.09. The first-order chi connectivity index (χ1) is 29.7. The molecular formula is C54H34N4O2. The number of fused-ring (bicyclic) bond motifs is 2. The first-order valence-electron chi connectivity index (χ1n) is 19.9. The third kappa shape index (κ3) is 6.42. The highest BCUT2D eigenvalue weighted by Gasteiger charge is 2.19. The molecule has 6 heteroatoms. The Morgan fingerprint density at radius 3 is 0.700 bits per heavy atom. The van der Waals surface area contributed by atoms with Gasteiger partial charge in [-0.05, 0) is 115 Å². The molecule has 0 spiro atoms. The van der Waals surface area contributed by atoms with E-state index in [2.05, 4.69) is 166 Å². The summed E-state index contributed by atoms with van der Waals surface area (Å²) < 4.78 is 12.4. The van der Waals surface area contributed by atoms with E-state index in [1.807, 2.05) is 60.7 Å². The number of aromatic nitrogens is 4. The molecule has 0 saturated heterocycles. The van der Waals surface area contributed by atoms with Gasteiger partial charge in [-0.1, -0.05) is 158 Å². The van der Waals surface area contributed by atoms with Crippen molar-refractivity contribution in [2.75, 3.05) is 0 Å². The van der Waals surface area contributed by atoms with Crippen LogP contribution in [0.3, 0.4) is 0 Å². The molecule has 0 aliphatic carbocycles. The maximum atomic E-state index is 6.19. The monoisotopic (exact) mass is 770 g/mol. The first-order valence-corrected chi connectivity index (χ1v) is 19.9. The van der Waals surface area contributed by atoms with Gasteiger partial charge in [-0.3, -0.25) is 0 Å². The predicted molar refractivity (Wildman–Crippen MR) is 241 cm³/mol. The summed E-state index contributed by atoms with van der Waals surface area (Å²) in [4.78, 5) is 0. The van der Waals surface area contributed by atoms with Crippen LogP contribution in [0.15, 0.2) is 215 Å². The molecule has 11 rings (SSSR count). The molecule has 0 atom stereocenters. The number of hydrogen-bond donors (Lipinski definition) is 0. The normalized spacial score (nSPS) is 11.3. The Balaban J connectivity index is 0.887. The zero-order valence-corrected chi connectivity index (χ0v) is 32.2. The number of nitrogens with zero attached hydrogens (tertiary/aromatic N) is 4. The van der Waals surface area contributed by atoms with Gasteiger partial charge in [-0.25, -0.2) is 0 Å². The number of hydrogen-bond acceptors (Lipinski definition) is 6. The van der Waals surface area contributed by atoms with Gasteiger partial charge in [-0.2, -0.15) is 0 Å². The molecule has 0 unspecified atom stereocenters. The maximum absolute atomic E-state index is 6.19. The van der Waals surface area contributed by atoms with Crippen molar-refractivity contribution in [1.82, 2.24) is 20.4 Å². The Kier molecular flexibility index (Phi) is 8.71. The standard InChI is InChI=1S/C54H34N4O2/c1-3-11-35(12-4-1)37-19-27-41(28-20-37)51-55-57-53(59-51)43-31-23-39(24-32-43)49-45-15-7-9-17-47(45)50(48-18-10-8-16-46(48)49)40-25-33-44(34-26-40)54-58-56-52(60-54)42-29-21-38(22-30-42)36-13-5-2-6-14-36/h1-34H. The lowest BCUT2D eigenvalue weighted by atomic mass is 9.85. The number of benzene rings is 9. The van der Waals surface area contributed by atoms with Crippen molar-refractivity contribution < 1.29 is 8.83 Å². The summed E-state index contributed by atoms with van der Waals surface area (Å²) in [5, 5.41) is 22.3. The molecule has 0 bridgehead atoms. The summed E-state index contributed by atoms with van der Waals surface area (Å²) in [7, 11) is 0. The molecular weight excluding hydrogens is 737 g/mol. The van der Waals surface area contributed by atoms with Crippen LogP contribution >= 0.6 is 0 Å². The summed E-state index contributed by atoms with van der Waals surface area (Å²) in [6.07, 6.45) is 0. The van der Waals surface area contributed by atoms with Gasteiger partial charge in [0.25, 0.3) is 0 Å². The molecule has 9 aromatic carbocycles. The molecule has 2 heterocycles. The van der Waals surface area contributed by atoms with Crippen LogP contribution in [0.5, 0.6) is 0 Å². The van der Waals surface area contributed by atoms with Gasteiger partial charge in [0.05, 0.1) is 0 Å². The van der Waals surface area contributed by atoms with Crippen LogP contribution < -0.4 is 0 Å². The van der Waals surface area contributed by atoms with Crippen LogP contribution in [0.1, 0.15) is 0 Å². The lowest BCUT2D eigenvalue weighted by molar-refractivity contribution is 0.584. The van der Waals surface area contributed by atoms with E-state index in [-0.39, 0.29) is 0 Å². The Hall–Kier alpha value is -8.22. The highest BCUT2D eigenvalue weighted by Crippen LogP contribution is 2.44. The minimum atomic E-state index is 0.478. The average molecular weight is 771 g/mol. The molecule has 2 aromatic heterocycles. The van der Waals surface area contributed by atoms with Crippen LogP contribution in [0.25, 0.3) is 112 Å². The van der Waals surface area contributed by atoms with Gasteiger partial charge in [0, 0.05) is 22.3 Å². The maximum Gasteiger partial charge on any atom is 0.248 e. The van der Waals surface area contributed by atoms with Crippen LogP contribution in [0, 0.1) is 0 Å². The zero-order chi connectivity index (χ0) is 39.8. The SMILES string of the molecule is c1ccc(-c2ccc(-c3nnc(-c4ccc(-c5c6ccccc6c(-c6ccc(-c7nnc(-c8ccc(-c9ccccc9)cc8)o7)cc6)c6ccccc56)cc4)o3)cc2)cc1. The minimum absolute atomic E-state index is 0.478. The van der Waals surface area contributed by atoms with Crippen LogP contribution in [-0.2, 0) is 0 Å². The smallest absolute Gasteiger partial charge is 0.248 e. The Morgan fingerprint density at radius 2 is 0.417 bits per heavy atom. The lowest BCUT2D eigenvalue weighted by Gasteiger charge is -2.18. The van der Waals surface area contributed by atoms with Gasteiger partial charge in [0.1, 0.15) is 0 Å². The molecule has 282 valence electrons. The van der Waals surface area contributed by atoms with Crippen molar-refractivity contribution >= 4 is 21.5 Å². The van der Waals surface area contributed by atoms with E-state index in [1.165, 1.54) is 32.7 Å². The van der Waals surface area contributed by atoms with Crippen molar-refractivity contribution in [3.05, 3.63) is 206 Å². The largest absolute Gasteiger partial charge is 0.416 e.